The van der Waals surface area contributed by atoms with E-state index < -0.39 is 5.82 Å². The maximum atomic E-state index is 13.1. The van der Waals surface area contributed by atoms with Crippen molar-refractivity contribution in [3.8, 4) is 5.75 Å². The molecule has 19 heavy (non-hydrogen) atoms. The molecule has 0 bridgehead atoms. The number of carbonyl (C=O) groups is 1. The van der Waals surface area contributed by atoms with Gasteiger partial charge in [-0.15, -0.1) is 12.4 Å². The van der Waals surface area contributed by atoms with Crippen molar-refractivity contribution in [2.75, 3.05) is 39.2 Å². The van der Waals surface area contributed by atoms with Gasteiger partial charge >= 0.3 is 0 Å². The standard InChI is InChI=1S/C12H17FN2O3.ClH/c1-14-8-12(16)15-10-7-9(13)3-4-11(10)18-6-5-17-2;/h3-4,7,14H,5-6,8H2,1-2H3,(H,15,16);1H. The molecule has 0 aliphatic heterocycles. The predicted octanol–water partition coefficient (Wildman–Crippen LogP) is 1.43. The number of hydrogen-bond donors (Lipinski definition) is 2. The zero-order valence-electron chi connectivity index (χ0n) is 10.9. The molecule has 1 aromatic rings. The first-order chi connectivity index (χ1) is 8.67. The summed E-state index contributed by atoms with van der Waals surface area (Å²) in [6.07, 6.45) is 0. The number of anilines is 1. The molecule has 0 heterocycles. The molecule has 0 aromatic heterocycles. The molecule has 0 saturated heterocycles. The monoisotopic (exact) mass is 292 g/mol. The summed E-state index contributed by atoms with van der Waals surface area (Å²) in [5.74, 6) is -0.286. The second-order valence-corrected chi connectivity index (χ2v) is 3.56. The van der Waals surface area contributed by atoms with Crippen LogP contribution in [0, 0.1) is 5.82 Å². The van der Waals surface area contributed by atoms with E-state index in [9.17, 15) is 9.18 Å². The number of halogens is 2. The van der Waals surface area contributed by atoms with Crippen molar-refractivity contribution in [1.29, 1.82) is 0 Å². The zero-order chi connectivity index (χ0) is 13.4. The van der Waals surface area contributed by atoms with Crippen LogP contribution in [0.2, 0.25) is 0 Å². The minimum Gasteiger partial charge on any atom is -0.489 e. The number of nitrogens with one attached hydrogen (secondary N) is 2. The van der Waals surface area contributed by atoms with E-state index in [4.69, 9.17) is 9.47 Å². The summed E-state index contributed by atoms with van der Waals surface area (Å²) in [6, 6.07) is 3.96. The second kappa shape index (κ2) is 9.55. The highest BCUT2D eigenvalue weighted by Crippen LogP contribution is 2.25. The van der Waals surface area contributed by atoms with Crippen molar-refractivity contribution in [2.45, 2.75) is 0 Å². The van der Waals surface area contributed by atoms with E-state index in [1.165, 1.54) is 18.2 Å². The Kier molecular flexibility index (Phi) is 8.86. The van der Waals surface area contributed by atoms with Gasteiger partial charge in [-0.25, -0.2) is 4.39 Å². The van der Waals surface area contributed by atoms with Gasteiger partial charge < -0.3 is 20.1 Å². The summed E-state index contributed by atoms with van der Waals surface area (Å²) in [6.45, 7) is 0.895. The number of amides is 1. The number of rotatable bonds is 7. The highest BCUT2D eigenvalue weighted by molar-refractivity contribution is 5.93. The van der Waals surface area contributed by atoms with Gasteiger partial charge in [-0.1, -0.05) is 0 Å². The lowest BCUT2D eigenvalue weighted by molar-refractivity contribution is -0.115. The minimum absolute atomic E-state index is 0. The molecule has 2 N–H and O–H groups in total. The summed E-state index contributed by atoms with van der Waals surface area (Å²) in [5.41, 5.74) is 0.311. The van der Waals surface area contributed by atoms with Crippen LogP contribution in [-0.4, -0.2) is 39.8 Å². The van der Waals surface area contributed by atoms with Crippen LogP contribution in [0.25, 0.3) is 0 Å². The molecule has 7 heteroatoms. The van der Waals surface area contributed by atoms with Crippen LogP contribution in [0.15, 0.2) is 18.2 Å². The first kappa shape index (κ1) is 17.6. The molecule has 1 amide bonds. The Bertz CT molecular complexity index is 405. The van der Waals surface area contributed by atoms with Gasteiger partial charge in [-0.3, -0.25) is 4.79 Å². The maximum absolute atomic E-state index is 13.1. The van der Waals surface area contributed by atoms with Gasteiger partial charge in [0.25, 0.3) is 0 Å². The fourth-order valence-electron chi connectivity index (χ4n) is 1.32. The van der Waals surface area contributed by atoms with E-state index in [2.05, 4.69) is 10.6 Å². The highest BCUT2D eigenvalue weighted by Gasteiger charge is 2.08. The molecule has 0 fully saturated rings. The van der Waals surface area contributed by atoms with Crippen LogP contribution in [0.4, 0.5) is 10.1 Å². The third kappa shape index (κ3) is 6.37. The number of hydrogen-bond acceptors (Lipinski definition) is 4. The van der Waals surface area contributed by atoms with Crippen LogP contribution in [0.3, 0.4) is 0 Å². The molecule has 0 aliphatic rings. The predicted molar refractivity (Wildman–Crippen MR) is 73.6 cm³/mol. The van der Waals surface area contributed by atoms with E-state index in [1.54, 1.807) is 14.2 Å². The molecule has 0 radical (unpaired) electrons. The number of likely N-dealkylation sites (N-methyl/N-ethyl adjacent to an activating group) is 1. The van der Waals surface area contributed by atoms with Crippen molar-refractivity contribution >= 4 is 24.0 Å². The molecule has 108 valence electrons. The van der Waals surface area contributed by atoms with Crippen LogP contribution >= 0.6 is 12.4 Å². The second-order valence-electron chi connectivity index (χ2n) is 3.56. The Morgan fingerprint density at radius 1 is 1.37 bits per heavy atom. The van der Waals surface area contributed by atoms with E-state index in [-0.39, 0.29) is 24.9 Å². The maximum Gasteiger partial charge on any atom is 0.238 e. The lowest BCUT2D eigenvalue weighted by Gasteiger charge is -2.12. The topological polar surface area (TPSA) is 59.6 Å². The summed E-state index contributed by atoms with van der Waals surface area (Å²) in [7, 11) is 3.21. The highest BCUT2D eigenvalue weighted by atomic mass is 35.5. The normalized spacial score (nSPS) is 9.63. The molecular formula is C12H18ClFN2O3. The average molecular weight is 293 g/mol. The fraction of sp³-hybridized carbons (Fsp3) is 0.417. The number of ether oxygens (including phenoxy) is 2. The lowest BCUT2D eigenvalue weighted by atomic mass is 10.2. The van der Waals surface area contributed by atoms with E-state index >= 15 is 0 Å². The minimum atomic E-state index is -0.436. The molecule has 0 atom stereocenters. The number of benzene rings is 1. The fourth-order valence-corrected chi connectivity index (χ4v) is 1.32. The van der Waals surface area contributed by atoms with Gasteiger partial charge in [0.2, 0.25) is 5.91 Å². The number of carbonyl (C=O) groups excluding carboxylic acids is 1. The van der Waals surface area contributed by atoms with Gasteiger partial charge in [0.1, 0.15) is 18.2 Å². The molecule has 0 spiro atoms. The Balaban J connectivity index is 0.00000324. The van der Waals surface area contributed by atoms with Gasteiger partial charge in [-0.2, -0.15) is 0 Å². The number of methoxy groups -OCH3 is 1. The first-order valence-corrected chi connectivity index (χ1v) is 5.53. The van der Waals surface area contributed by atoms with Gasteiger partial charge in [0.15, 0.2) is 0 Å². The molecule has 1 rings (SSSR count). The van der Waals surface area contributed by atoms with Crippen LogP contribution in [0.5, 0.6) is 5.75 Å². The van der Waals surface area contributed by atoms with Crippen LogP contribution in [0.1, 0.15) is 0 Å². The Morgan fingerprint density at radius 3 is 2.74 bits per heavy atom. The van der Waals surface area contributed by atoms with Crippen LogP contribution < -0.4 is 15.4 Å². The Hall–Kier alpha value is -1.37. The van der Waals surface area contributed by atoms with E-state index in [0.29, 0.717) is 24.7 Å². The van der Waals surface area contributed by atoms with Crippen molar-refractivity contribution in [3.05, 3.63) is 24.0 Å². The molecule has 0 saturated carbocycles. The van der Waals surface area contributed by atoms with Gasteiger partial charge in [-0.05, 0) is 19.2 Å². The molecular weight excluding hydrogens is 275 g/mol. The van der Waals surface area contributed by atoms with Crippen molar-refractivity contribution in [1.82, 2.24) is 5.32 Å². The smallest absolute Gasteiger partial charge is 0.238 e. The van der Waals surface area contributed by atoms with Gasteiger partial charge in [0.05, 0.1) is 18.8 Å². The van der Waals surface area contributed by atoms with Crippen molar-refractivity contribution in [2.24, 2.45) is 0 Å². The van der Waals surface area contributed by atoms with E-state index in [0.717, 1.165) is 0 Å². The Morgan fingerprint density at radius 2 is 2.11 bits per heavy atom. The Labute approximate surface area is 117 Å². The molecule has 5 nitrogen and oxygen atoms in total. The van der Waals surface area contributed by atoms with Crippen molar-refractivity contribution < 1.29 is 18.7 Å². The summed E-state index contributed by atoms with van der Waals surface area (Å²) in [5, 5.41) is 5.28. The lowest BCUT2D eigenvalue weighted by Crippen LogP contribution is -2.25. The quantitative estimate of drug-likeness (QED) is 0.747. The first-order valence-electron chi connectivity index (χ1n) is 5.53. The summed E-state index contributed by atoms with van der Waals surface area (Å²) >= 11 is 0. The average Bonchev–Trinajstić information content (AvgIpc) is 2.32. The summed E-state index contributed by atoms with van der Waals surface area (Å²) < 4.78 is 23.4. The molecule has 1 aromatic carbocycles. The van der Waals surface area contributed by atoms with E-state index in [1.807, 2.05) is 0 Å². The largest absolute Gasteiger partial charge is 0.489 e. The summed E-state index contributed by atoms with van der Waals surface area (Å²) in [4.78, 5) is 11.4. The van der Waals surface area contributed by atoms with Gasteiger partial charge in [0, 0.05) is 13.2 Å². The van der Waals surface area contributed by atoms with Crippen molar-refractivity contribution in [3.63, 3.8) is 0 Å². The zero-order valence-corrected chi connectivity index (χ0v) is 11.7. The third-order valence-corrected chi connectivity index (χ3v) is 2.10. The SMILES string of the molecule is CNCC(=O)Nc1cc(F)ccc1OCCOC.Cl. The van der Waals surface area contributed by atoms with Crippen LogP contribution in [-0.2, 0) is 9.53 Å². The molecule has 0 aliphatic carbocycles. The third-order valence-electron chi connectivity index (χ3n) is 2.10. The molecule has 0 unspecified atom stereocenters.